The van der Waals surface area contributed by atoms with Gasteiger partial charge in [-0.25, -0.2) is 9.97 Å². The molecule has 0 saturated carbocycles. The van der Waals surface area contributed by atoms with Crippen molar-refractivity contribution in [1.29, 1.82) is 0 Å². The lowest BCUT2D eigenvalue weighted by Gasteiger charge is -2.43. The Labute approximate surface area is 285 Å². The lowest BCUT2D eigenvalue weighted by molar-refractivity contribution is -0.135. The van der Waals surface area contributed by atoms with Gasteiger partial charge in [0.05, 0.1) is 38.5 Å². The quantitative estimate of drug-likeness (QED) is 0.192. The van der Waals surface area contributed by atoms with Crippen LogP contribution in [-0.4, -0.2) is 103 Å². The van der Waals surface area contributed by atoms with E-state index in [1.807, 2.05) is 62.4 Å². The van der Waals surface area contributed by atoms with Gasteiger partial charge in [-0.2, -0.15) is 0 Å². The summed E-state index contributed by atoms with van der Waals surface area (Å²) >= 11 is 0. The molecule has 2 aliphatic rings. The van der Waals surface area contributed by atoms with Crippen molar-refractivity contribution >= 4 is 17.4 Å². The van der Waals surface area contributed by atoms with E-state index in [-0.39, 0.29) is 17.9 Å². The molecule has 0 spiro atoms. The number of anilines is 2. The van der Waals surface area contributed by atoms with Crippen LogP contribution in [-0.2, 0) is 27.5 Å². The van der Waals surface area contributed by atoms with Crippen molar-refractivity contribution in [2.45, 2.75) is 39.1 Å². The number of piperazine rings is 2. The average Bonchev–Trinajstić information content (AvgIpc) is 3.13. The fourth-order valence-electron chi connectivity index (χ4n) is 6.62. The van der Waals surface area contributed by atoms with Crippen LogP contribution in [0, 0.1) is 13.8 Å². The number of benzene rings is 2. The largest absolute Gasteiger partial charge is 0.375 e. The normalized spacial score (nSPS) is 17.3. The highest BCUT2D eigenvalue weighted by molar-refractivity contribution is 5.89. The van der Waals surface area contributed by atoms with Crippen LogP contribution in [0.15, 0.2) is 97.1 Å². The highest BCUT2D eigenvalue weighted by Crippen LogP contribution is 2.21. The molecule has 2 aliphatic heterocycles. The van der Waals surface area contributed by atoms with E-state index in [9.17, 15) is 4.79 Å². The molecule has 2 unspecified atom stereocenters. The average molecular weight is 649 g/mol. The van der Waals surface area contributed by atoms with E-state index < -0.39 is 0 Å². The van der Waals surface area contributed by atoms with Crippen molar-refractivity contribution in [2.75, 3.05) is 75.4 Å². The minimum absolute atomic E-state index is 0.167. The van der Waals surface area contributed by atoms with E-state index in [2.05, 4.69) is 68.1 Å². The molecule has 2 saturated heterocycles. The van der Waals surface area contributed by atoms with Crippen LogP contribution in [0.5, 0.6) is 0 Å². The molecule has 48 heavy (non-hydrogen) atoms. The number of ether oxygens (including phenoxy) is 2. The number of aromatic nitrogens is 2. The van der Waals surface area contributed by atoms with Gasteiger partial charge in [0, 0.05) is 63.7 Å². The second-order valence-electron chi connectivity index (χ2n) is 12.8. The lowest BCUT2D eigenvalue weighted by Crippen LogP contribution is -2.61. The zero-order valence-corrected chi connectivity index (χ0v) is 28.3. The third-order valence-corrected chi connectivity index (χ3v) is 9.34. The summed E-state index contributed by atoms with van der Waals surface area (Å²) in [5.41, 5.74) is 4.22. The monoisotopic (exact) mass is 648 g/mol. The molecule has 252 valence electrons. The summed E-state index contributed by atoms with van der Waals surface area (Å²) in [5.74, 6) is 2.15. The lowest BCUT2D eigenvalue weighted by atomic mass is 10.0. The second kappa shape index (κ2) is 16.8. The van der Waals surface area contributed by atoms with Crippen molar-refractivity contribution < 1.29 is 14.3 Å². The number of rotatable bonds is 14. The molecule has 2 fully saturated rings. The van der Waals surface area contributed by atoms with Crippen LogP contribution < -0.4 is 9.80 Å². The molecular weight excluding hydrogens is 600 g/mol. The third kappa shape index (κ3) is 9.05. The molecule has 2 aromatic carbocycles. The van der Waals surface area contributed by atoms with Crippen molar-refractivity contribution in [3.8, 4) is 0 Å². The summed E-state index contributed by atoms with van der Waals surface area (Å²) in [5, 5.41) is 0. The molecular formula is C39H48N6O3. The van der Waals surface area contributed by atoms with E-state index in [4.69, 9.17) is 19.4 Å². The summed E-state index contributed by atoms with van der Waals surface area (Å²) in [6, 6.07) is 31.9. The van der Waals surface area contributed by atoms with Crippen molar-refractivity contribution in [3.05, 3.63) is 120 Å². The van der Waals surface area contributed by atoms with Gasteiger partial charge in [-0.05, 0) is 49.2 Å². The molecule has 0 radical (unpaired) electrons. The minimum atomic E-state index is -0.386. The summed E-state index contributed by atoms with van der Waals surface area (Å²) < 4.78 is 12.6. The first-order valence-corrected chi connectivity index (χ1v) is 17.2. The highest BCUT2D eigenvalue weighted by atomic mass is 16.5. The van der Waals surface area contributed by atoms with E-state index in [0.29, 0.717) is 26.4 Å². The molecule has 6 rings (SSSR count). The number of Topliss-reactive ketones (excluding diaryl/α,β-unsaturated/α-hetero) is 1. The second-order valence-corrected chi connectivity index (χ2v) is 12.8. The first-order chi connectivity index (χ1) is 23.5. The van der Waals surface area contributed by atoms with Crippen LogP contribution in [0.1, 0.15) is 22.5 Å². The van der Waals surface area contributed by atoms with Crippen molar-refractivity contribution in [2.24, 2.45) is 0 Å². The predicted molar refractivity (Wildman–Crippen MR) is 190 cm³/mol. The summed E-state index contributed by atoms with van der Waals surface area (Å²) in [7, 11) is 0. The fraction of sp³-hybridized carbons (Fsp3) is 0.410. The van der Waals surface area contributed by atoms with Crippen LogP contribution in [0.3, 0.4) is 0 Å². The molecule has 2 atom stereocenters. The van der Waals surface area contributed by atoms with Gasteiger partial charge in [-0.3, -0.25) is 14.6 Å². The number of hydrogen-bond acceptors (Lipinski definition) is 9. The van der Waals surface area contributed by atoms with Gasteiger partial charge in [-0.15, -0.1) is 0 Å². The number of carbonyl (C=O) groups excluding carboxylic acids is 1. The van der Waals surface area contributed by atoms with Crippen LogP contribution in [0.2, 0.25) is 0 Å². The Morgan fingerprint density at radius 1 is 0.562 bits per heavy atom. The van der Waals surface area contributed by atoms with Crippen molar-refractivity contribution in [3.63, 3.8) is 0 Å². The van der Waals surface area contributed by atoms with Gasteiger partial charge in [0.1, 0.15) is 11.6 Å². The van der Waals surface area contributed by atoms with E-state index in [1.165, 1.54) is 0 Å². The van der Waals surface area contributed by atoms with E-state index >= 15 is 0 Å². The first kappa shape index (κ1) is 33.7. The molecule has 9 heteroatoms. The fourth-order valence-corrected chi connectivity index (χ4v) is 6.62. The van der Waals surface area contributed by atoms with Gasteiger partial charge in [-0.1, -0.05) is 72.8 Å². The Balaban J connectivity index is 1.18. The summed E-state index contributed by atoms with van der Waals surface area (Å²) in [6.07, 6.45) is 0. The third-order valence-electron chi connectivity index (χ3n) is 9.34. The number of ketones is 1. The Hall–Kier alpha value is -4.15. The van der Waals surface area contributed by atoms with Crippen LogP contribution in [0.4, 0.5) is 11.6 Å². The molecule has 0 amide bonds. The Kier molecular flexibility index (Phi) is 11.8. The topological polar surface area (TPSA) is 74.3 Å². The molecule has 2 aromatic heterocycles. The van der Waals surface area contributed by atoms with Gasteiger partial charge >= 0.3 is 0 Å². The SMILES string of the molecule is Cc1cccc(N2CCN(C(COCc3ccccc3)C(=O)C(COCc3ccccc3)N3CCN(c4cccc(C)n4)CC3)CC2)n1. The van der Waals surface area contributed by atoms with Crippen LogP contribution >= 0.6 is 0 Å². The molecule has 9 nitrogen and oxygen atoms in total. The van der Waals surface area contributed by atoms with E-state index in [1.54, 1.807) is 0 Å². The molecule has 0 aliphatic carbocycles. The van der Waals surface area contributed by atoms with E-state index in [0.717, 1.165) is 86.5 Å². The smallest absolute Gasteiger partial charge is 0.171 e. The number of carbonyl (C=O) groups is 1. The molecule has 0 N–H and O–H groups in total. The Morgan fingerprint density at radius 2 is 0.958 bits per heavy atom. The maximum atomic E-state index is 14.8. The summed E-state index contributed by atoms with van der Waals surface area (Å²) in [4.78, 5) is 33.6. The Morgan fingerprint density at radius 3 is 1.33 bits per heavy atom. The number of nitrogens with zero attached hydrogens (tertiary/aromatic N) is 6. The van der Waals surface area contributed by atoms with Crippen molar-refractivity contribution in [1.82, 2.24) is 19.8 Å². The van der Waals surface area contributed by atoms with Gasteiger partial charge in [0.25, 0.3) is 0 Å². The summed E-state index contributed by atoms with van der Waals surface area (Å²) in [6.45, 7) is 11.9. The standard InChI is InChI=1S/C39H48N6O3/c1-31-11-9-17-37(40-31)44-23-19-42(20-24-44)35(29-47-27-33-13-5-3-6-14-33)39(46)36(30-48-28-34-15-7-4-8-16-34)43-21-25-45(26-22-43)38-18-10-12-32(2)41-38/h3-18,35-36H,19-30H2,1-2H3. The first-order valence-electron chi connectivity index (χ1n) is 17.2. The van der Waals surface area contributed by atoms with Gasteiger partial charge in [0.15, 0.2) is 5.78 Å². The molecule has 0 bridgehead atoms. The highest BCUT2D eigenvalue weighted by Gasteiger charge is 2.38. The Bertz CT molecular complexity index is 1460. The number of pyridine rings is 2. The number of aryl methyl sites for hydroxylation is 2. The van der Waals surface area contributed by atoms with Gasteiger partial charge < -0.3 is 19.3 Å². The molecule has 4 heterocycles. The minimum Gasteiger partial charge on any atom is -0.375 e. The molecule has 4 aromatic rings. The van der Waals surface area contributed by atoms with Gasteiger partial charge in [0.2, 0.25) is 0 Å². The number of hydrogen-bond donors (Lipinski definition) is 0. The zero-order chi connectivity index (χ0) is 33.1. The van der Waals surface area contributed by atoms with Crippen LogP contribution in [0.25, 0.3) is 0 Å². The predicted octanol–water partition coefficient (Wildman–Crippen LogP) is 4.78. The zero-order valence-electron chi connectivity index (χ0n) is 28.3. The maximum absolute atomic E-state index is 14.8. The maximum Gasteiger partial charge on any atom is 0.171 e.